The first-order valence-electron chi connectivity index (χ1n) is 7.54. The number of hydrogen-bond acceptors (Lipinski definition) is 4. The monoisotopic (exact) mass is 293 g/mol. The second kappa shape index (κ2) is 8.80. The average molecular weight is 293 g/mol. The van der Waals surface area contributed by atoms with Crippen LogP contribution in [0.4, 0.5) is 0 Å². The molecule has 0 aliphatic rings. The number of aryl methyl sites for hydroxylation is 1. The predicted molar refractivity (Wildman–Crippen MR) is 84.3 cm³/mol. The summed E-state index contributed by atoms with van der Waals surface area (Å²) in [6, 6.07) is 7.81. The van der Waals surface area contributed by atoms with Gasteiger partial charge < -0.3 is 15.2 Å². The number of methoxy groups -OCH3 is 1. The lowest BCUT2D eigenvalue weighted by atomic mass is 9.76. The van der Waals surface area contributed by atoms with Crippen LogP contribution in [0.1, 0.15) is 37.3 Å². The van der Waals surface area contributed by atoms with Crippen LogP contribution in [0.2, 0.25) is 0 Å². The maximum absolute atomic E-state index is 12.4. The van der Waals surface area contributed by atoms with Gasteiger partial charge in [-0.25, -0.2) is 0 Å². The maximum atomic E-state index is 12.4. The zero-order valence-electron chi connectivity index (χ0n) is 13.4. The normalized spacial score (nSPS) is 13.7. The molecule has 0 radical (unpaired) electrons. The van der Waals surface area contributed by atoms with Gasteiger partial charge >= 0.3 is 5.97 Å². The van der Waals surface area contributed by atoms with Gasteiger partial charge in [-0.3, -0.25) is 4.79 Å². The highest BCUT2D eigenvalue weighted by molar-refractivity contribution is 5.84. The van der Waals surface area contributed by atoms with E-state index in [1.54, 1.807) is 0 Å². The Morgan fingerprint density at radius 1 is 1.29 bits per heavy atom. The molecule has 0 aromatic heterocycles. The van der Waals surface area contributed by atoms with Crippen molar-refractivity contribution >= 4 is 5.97 Å². The van der Waals surface area contributed by atoms with Crippen LogP contribution in [0.25, 0.3) is 0 Å². The van der Waals surface area contributed by atoms with E-state index in [9.17, 15) is 4.79 Å². The molecule has 0 heterocycles. The Balaban J connectivity index is 2.95. The molecule has 4 heteroatoms. The number of unbranched alkanes of at least 4 members (excludes halogenated alkanes) is 1. The third-order valence-corrected chi connectivity index (χ3v) is 3.90. The molecule has 1 aromatic carbocycles. The second-order valence-electron chi connectivity index (χ2n) is 5.31. The van der Waals surface area contributed by atoms with Crippen LogP contribution in [0.15, 0.2) is 24.3 Å². The van der Waals surface area contributed by atoms with E-state index in [0.29, 0.717) is 19.6 Å². The van der Waals surface area contributed by atoms with Crippen molar-refractivity contribution in [1.29, 1.82) is 0 Å². The average Bonchev–Trinajstić information content (AvgIpc) is 2.51. The summed E-state index contributed by atoms with van der Waals surface area (Å²) in [6.45, 7) is 5.53. The molecule has 0 amide bonds. The third kappa shape index (κ3) is 4.29. The van der Waals surface area contributed by atoms with Gasteiger partial charge in [-0.2, -0.15) is 0 Å². The molecule has 1 atom stereocenters. The van der Waals surface area contributed by atoms with E-state index in [-0.39, 0.29) is 12.5 Å². The molecule has 0 aliphatic heterocycles. The minimum atomic E-state index is -0.827. The van der Waals surface area contributed by atoms with Gasteiger partial charge in [0.05, 0.1) is 7.11 Å². The van der Waals surface area contributed by atoms with Crippen molar-refractivity contribution < 1.29 is 14.3 Å². The van der Waals surface area contributed by atoms with E-state index in [4.69, 9.17) is 15.2 Å². The largest absolute Gasteiger partial charge is 0.468 e. The SMILES string of the molecule is CCCCOCCC(CN)(C(=O)OC)c1ccccc1C. The molecule has 21 heavy (non-hydrogen) atoms. The number of benzene rings is 1. The Morgan fingerprint density at radius 3 is 2.57 bits per heavy atom. The lowest BCUT2D eigenvalue weighted by Gasteiger charge is -2.31. The summed E-state index contributed by atoms with van der Waals surface area (Å²) in [7, 11) is 1.41. The minimum absolute atomic E-state index is 0.210. The fraction of sp³-hybridized carbons (Fsp3) is 0.588. The molecular weight excluding hydrogens is 266 g/mol. The molecule has 4 nitrogen and oxygen atoms in total. The molecule has 0 saturated carbocycles. The molecule has 1 rings (SSSR count). The fourth-order valence-electron chi connectivity index (χ4n) is 2.54. The summed E-state index contributed by atoms with van der Waals surface area (Å²) in [5.74, 6) is -0.293. The summed E-state index contributed by atoms with van der Waals surface area (Å²) >= 11 is 0. The summed E-state index contributed by atoms with van der Waals surface area (Å²) in [6.07, 6.45) is 2.65. The highest BCUT2D eigenvalue weighted by atomic mass is 16.5. The van der Waals surface area contributed by atoms with Crippen molar-refractivity contribution in [2.75, 3.05) is 26.9 Å². The van der Waals surface area contributed by atoms with Crippen LogP contribution < -0.4 is 5.73 Å². The molecule has 118 valence electrons. The Labute approximate surface area is 127 Å². The number of ether oxygens (including phenoxy) is 2. The number of rotatable bonds is 9. The molecule has 0 spiro atoms. The molecule has 1 aromatic rings. The van der Waals surface area contributed by atoms with Gasteiger partial charge in [0.15, 0.2) is 0 Å². The van der Waals surface area contributed by atoms with Crippen LogP contribution in [0, 0.1) is 6.92 Å². The van der Waals surface area contributed by atoms with Gasteiger partial charge in [-0.05, 0) is 30.9 Å². The van der Waals surface area contributed by atoms with Crippen molar-refractivity contribution in [3.05, 3.63) is 35.4 Å². The van der Waals surface area contributed by atoms with Crippen molar-refractivity contribution in [2.45, 2.75) is 38.5 Å². The van der Waals surface area contributed by atoms with E-state index in [1.165, 1.54) is 7.11 Å². The smallest absolute Gasteiger partial charge is 0.317 e. The molecule has 2 N–H and O–H groups in total. The van der Waals surface area contributed by atoms with Gasteiger partial charge in [-0.1, -0.05) is 37.6 Å². The maximum Gasteiger partial charge on any atom is 0.317 e. The molecule has 0 aliphatic carbocycles. The van der Waals surface area contributed by atoms with Gasteiger partial charge in [0, 0.05) is 19.8 Å². The van der Waals surface area contributed by atoms with Crippen molar-refractivity contribution in [2.24, 2.45) is 5.73 Å². The highest BCUT2D eigenvalue weighted by Crippen LogP contribution is 2.31. The number of hydrogen-bond donors (Lipinski definition) is 1. The zero-order chi connectivity index (χ0) is 15.7. The van der Waals surface area contributed by atoms with Crippen LogP contribution in [-0.4, -0.2) is 32.8 Å². The number of carbonyl (C=O) groups excluding carboxylic acids is 1. The molecular formula is C17H27NO3. The summed E-state index contributed by atoms with van der Waals surface area (Å²) in [4.78, 5) is 12.4. The van der Waals surface area contributed by atoms with Crippen molar-refractivity contribution in [3.63, 3.8) is 0 Å². The molecule has 1 unspecified atom stereocenters. The van der Waals surface area contributed by atoms with Crippen molar-refractivity contribution in [3.8, 4) is 0 Å². The number of carbonyl (C=O) groups is 1. The Hall–Kier alpha value is -1.39. The Morgan fingerprint density at radius 2 is 2.00 bits per heavy atom. The van der Waals surface area contributed by atoms with Gasteiger partial charge in [0.2, 0.25) is 0 Å². The lowest BCUT2D eigenvalue weighted by Crippen LogP contribution is -2.45. The van der Waals surface area contributed by atoms with Crippen LogP contribution in [0.3, 0.4) is 0 Å². The Bertz CT molecular complexity index is 447. The van der Waals surface area contributed by atoms with E-state index in [0.717, 1.165) is 24.0 Å². The lowest BCUT2D eigenvalue weighted by molar-refractivity contribution is -0.148. The first-order chi connectivity index (χ1) is 10.1. The quantitative estimate of drug-likeness (QED) is 0.561. The zero-order valence-corrected chi connectivity index (χ0v) is 13.4. The molecule has 0 fully saturated rings. The van der Waals surface area contributed by atoms with E-state index in [1.807, 2.05) is 31.2 Å². The van der Waals surface area contributed by atoms with Gasteiger partial charge in [0.1, 0.15) is 5.41 Å². The Kier molecular flexibility index (Phi) is 7.40. The third-order valence-electron chi connectivity index (χ3n) is 3.90. The number of esters is 1. The van der Waals surface area contributed by atoms with Crippen LogP contribution >= 0.6 is 0 Å². The topological polar surface area (TPSA) is 61.5 Å². The van der Waals surface area contributed by atoms with Crippen molar-refractivity contribution in [1.82, 2.24) is 0 Å². The highest BCUT2D eigenvalue weighted by Gasteiger charge is 2.40. The van der Waals surface area contributed by atoms with Gasteiger partial charge in [-0.15, -0.1) is 0 Å². The first kappa shape index (κ1) is 17.7. The van der Waals surface area contributed by atoms with Gasteiger partial charge in [0.25, 0.3) is 0 Å². The second-order valence-corrected chi connectivity index (χ2v) is 5.31. The summed E-state index contributed by atoms with van der Waals surface area (Å²) in [5, 5.41) is 0. The fourth-order valence-corrected chi connectivity index (χ4v) is 2.54. The predicted octanol–water partition coefficient (Wildman–Crippen LogP) is 2.57. The van der Waals surface area contributed by atoms with E-state index < -0.39 is 5.41 Å². The van der Waals surface area contributed by atoms with E-state index >= 15 is 0 Å². The molecule has 0 saturated heterocycles. The standard InChI is InChI=1S/C17H27NO3/c1-4-5-11-21-12-10-17(13-18,16(19)20-3)15-9-7-6-8-14(15)2/h6-9H,4-5,10-13,18H2,1-3H3. The molecule has 0 bridgehead atoms. The van der Waals surface area contributed by atoms with E-state index in [2.05, 4.69) is 6.92 Å². The summed E-state index contributed by atoms with van der Waals surface area (Å²) < 4.78 is 10.6. The number of nitrogens with two attached hydrogens (primary N) is 1. The summed E-state index contributed by atoms with van der Waals surface area (Å²) in [5.41, 5.74) is 7.12. The minimum Gasteiger partial charge on any atom is -0.468 e. The van der Waals surface area contributed by atoms with Crippen LogP contribution in [-0.2, 0) is 19.7 Å². The van der Waals surface area contributed by atoms with Crippen LogP contribution in [0.5, 0.6) is 0 Å². The first-order valence-corrected chi connectivity index (χ1v) is 7.54.